The highest BCUT2D eigenvalue weighted by Gasteiger charge is 2.39. The summed E-state index contributed by atoms with van der Waals surface area (Å²) >= 11 is 0. The maximum Gasteiger partial charge on any atom is 0.256 e. The Hall–Kier alpha value is -2.36. The van der Waals surface area contributed by atoms with Crippen LogP contribution in [0.4, 0.5) is 0 Å². The maximum atomic E-state index is 13.1. The standard InChI is InChI=1S/C19H19N3O/c23-19(16-11-21-17-4-2-1-3-15(16)17)22-8-6-13-10-14(22)9-12-5-7-20-18(12)13/h1-4,7,11,13-14,21H,5-6,8-10H2/t13-,14-/m1/s1. The van der Waals surface area contributed by atoms with E-state index in [-0.39, 0.29) is 5.91 Å². The number of likely N-dealkylation sites (tertiary alicyclic amines) is 1. The second kappa shape index (κ2) is 4.82. The van der Waals surface area contributed by atoms with Gasteiger partial charge in [0.1, 0.15) is 0 Å². The molecule has 5 rings (SSSR count). The van der Waals surface area contributed by atoms with Gasteiger partial charge >= 0.3 is 0 Å². The first kappa shape index (κ1) is 13.1. The van der Waals surface area contributed by atoms with Crippen molar-refractivity contribution in [3.63, 3.8) is 0 Å². The number of aromatic amines is 1. The number of H-pyrrole nitrogens is 1. The van der Waals surface area contributed by atoms with Crippen molar-refractivity contribution in [2.75, 3.05) is 6.54 Å². The van der Waals surface area contributed by atoms with Gasteiger partial charge in [-0.2, -0.15) is 0 Å². The summed E-state index contributed by atoms with van der Waals surface area (Å²) in [5, 5.41) is 1.03. The molecule has 1 aromatic carbocycles. The van der Waals surface area contributed by atoms with Gasteiger partial charge in [-0.3, -0.25) is 9.79 Å². The normalized spacial score (nSPS) is 26.0. The van der Waals surface area contributed by atoms with Crippen molar-refractivity contribution in [1.29, 1.82) is 0 Å². The Morgan fingerprint density at radius 1 is 1.30 bits per heavy atom. The average molecular weight is 305 g/mol. The van der Waals surface area contributed by atoms with Crippen LogP contribution in [0.5, 0.6) is 0 Å². The molecule has 116 valence electrons. The molecule has 2 atom stereocenters. The fourth-order valence-electron chi connectivity index (χ4n) is 4.48. The third-order valence-electron chi connectivity index (χ3n) is 5.60. The molecule has 2 aromatic rings. The number of nitrogens with zero attached hydrogens (tertiary/aromatic N) is 2. The second-order valence-corrected chi connectivity index (χ2v) is 6.83. The van der Waals surface area contributed by atoms with E-state index in [1.54, 1.807) is 0 Å². The lowest BCUT2D eigenvalue weighted by atomic mass is 9.78. The lowest BCUT2D eigenvalue weighted by Crippen LogP contribution is -2.48. The summed E-state index contributed by atoms with van der Waals surface area (Å²) in [4.78, 5) is 23.0. The number of fused-ring (bicyclic) bond motifs is 4. The third-order valence-corrected chi connectivity index (χ3v) is 5.60. The number of aliphatic imine (C=N–C) groups is 1. The molecule has 1 fully saturated rings. The fourth-order valence-corrected chi connectivity index (χ4v) is 4.48. The van der Waals surface area contributed by atoms with Crippen molar-refractivity contribution in [3.8, 4) is 0 Å². The number of aromatic nitrogens is 1. The molecule has 23 heavy (non-hydrogen) atoms. The minimum Gasteiger partial charge on any atom is -0.360 e. The number of para-hydroxylation sites is 1. The van der Waals surface area contributed by atoms with Gasteiger partial charge < -0.3 is 9.88 Å². The molecular weight excluding hydrogens is 286 g/mol. The Morgan fingerprint density at radius 3 is 3.17 bits per heavy atom. The highest BCUT2D eigenvalue weighted by molar-refractivity contribution is 6.06. The molecule has 1 aromatic heterocycles. The highest BCUT2D eigenvalue weighted by atomic mass is 16.2. The lowest BCUT2D eigenvalue weighted by Gasteiger charge is -2.43. The van der Waals surface area contributed by atoms with E-state index in [0.717, 1.165) is 48.7 Å². The topological polar surface area (TPSA) is 48.5 Å². The molecule has 4 nitrogen and oxygen atoms in total. The number of hydrogen-bond donors (Lipinski definition) is 1. The first-order valence-corrected chi connectivity index (χ1v) is 8.43. The molecule has 3 heterocycles. The summed E-state index contributed by atoms with van der Waals surface area (Å²) in [6, 6.07) is 8.38. The molecule has 1 amide bonds. The Kier molecular flexibility index (Phi) is 2.75. The molecule has 0 unspecified atom stereocenters. The molecule has 4 heteroatoms. The Labute approximate surface area is 134 Å². The summed E-state index contributed by atoms with van der Waals surface area (Å²) in [5.41, 5.74) is 4.63. The number of hydrogen-bond acceptors (Lipinski definition) is 2. The summed E-state index contributed by atoms with van der Waals surface area (Å²) < 4.78 is 0. The molecule has 1 N–H and O–H groups in total. The number of nitrogens with one attached hydrogen (secondary N) is 1. The SMILES string of the molecule is O=C(c1c[nH]c2ccccc12)N1CC[C@@H]2C[C@H]1CC1=C2N=CC1. The zero-order valence-electron chi connectivity index (χ0n) is 13.0. The highest BCUT2D eigenvalue weighted by Crippen LogP contribution is 2.42. The van der Waals surface area contributed by atoms with E-state index in [9.17, 15) is 4.79 Å². The van der Waals surface area contributed by atoms with E-state index in [0.29, 0.717) is 12.0 Å². The molecule has 0 spiro atoms. The number of allylic oxidation sites excluding steroid dienone is 1. The van der Waals surface area contributed by atoms with Gasteiger partial charge in [0.2, 0.25) is 0 Å². The van der Waals surface area contributed by atoms with E-state index < -0.39 is 0 Å². The third kappa shape index (κ3) is 1.90. The van der Waals surface area contributed by atoms with Gasteiger partial charge in [-0.1, -0.05) is 18.2 Å². The van der Waals surface area contributed by atoms with E-state index in [4.69, 9.17) is 0 Å². The Bertz CT molecular complexity index is 860. The van der Waals surface area contributed by atoms with Crippen LogP contribution in [-0.4, -0.2) is 34.6 Å². The van der Waals surface area contributed by atoms with Crippen LogP contribution in [0.1, 0.15) is 36.0 Å². The molecule has 1 aliphatic carbocycles. The van der Waals surface area contributed by atoms with Crippen LogP contribution in [0, 0.1) is 5.92 Å². The van der Waals surface area contributed by atoms with Gasteiger partial charge in [0.15, 0.2) is 0 Å². The van der Waals surface area contributed by atoms with Gasteiger partial charge in [-0.25, -0.2) is 0 Å². The van der Waals surface area contributed by atoms with Crippen LogP contribution >= 0.6 is 0 Å². The van der Waals surface area contributed by atoms with Gasteiger partial charge in [0, 0.05) is 53.9 Å². The molecular formula is C19H19N3O. The molecule has 3 aliphatic rings. The van der Waals surface area contributed by atoms with Crippen LogP contribution < -0.4 is 0 Å². The number of benzene rings is 1. The van der Waals surface area contributed by atoms with Crippen LogP contribution in [0.15, 0.2) is 46.7 Å². The van der Waals surface area contributed by atoms with Crippen molar-refractivity contribution in [3.05, 3.63) is 47.3 Å². The minimum absolute atomic E-state index is 0.175. The van der Waals surface area contributed by atoms with Crippen molar-refractivity contribution in [2.24, 2.45) is 10.9 Å². The number of piperidine rings is 1. The maximum absolute atomic E-state index is 13.1. The van der Waals surface area contributed by atoms with Gasteiger partial charge in [-0.05, 0) is 30.9 Å². The minimum atomic E-state index is 0.175. The summed E-state index contributed by atoms with van der Waals surface area (Å²) in [5.74, 6) is 0.739. The number of carbonyl (C=O) groups is 1. The van der Waals surface area contributed by atoms with Gasteiger partial charge in [-0.15, -0.1) is 0 Å². The Balaban J connectivity index is 1.48. The van der Waals surface area contributed by atoms with E-state index >= 15 is 0 Å². The van der Waals surface area contributed by atoms with Crippen LogP contribution in [0.3, 0.4) is 0 Å². The number of carbonyl (C=O) groups excluding carboxylic acids is 1. The van der Waals surface area contributed by atoms with E-state index in [1.807, 2.05) is 36.7 Å². The quantitative estimate of drug-likeness (QED) is 0.861. The first-order valence-electron chi connectivity index (χ1n) is 8.43. The second-order valence-electron chi connectivity index (χ2n) is 6.83. The lowest BCUT2D eigenvalue weighted by molar-refractivity contribution is 0.0552. The summed E-state index contributed by atoms with van der Waals surface area (Å²) in [6.45, 7) is 0.847. The number of rotatable bonds is 1. The molecule has 1 saturated heterocycles. The smallest absolute Gasteiger partial charge is 0.256 e. The van der Waals surface area contributed by atoms with Gasteiger partial charge in [0.25, 0.3) is 5.91 Å². The van der Waals surface area contributed by atoms with E-state index in [2.05, 4.69) is 14.9 Å². The van der Waals surface area contributed by atoms with Crippen molar-refractivity contribution >= 4 is 23.0 Å². The Morgan fingerprint density at radius 2 is 2.22 bits per heavy atom. The molecule has 0 saturated carbocycles. The molecule has 2 bridgehead atoms. The predicted molar refractivity (Wildman–Crippen MR) is 90.6 cm³/mol. The predicted octanol–water partition coefficient (Wildman–Crippen LogP) is 3.52. The fraction of sp³-hybridized carbons (Fsp3) is 0.368. The number of amides is 1. The van der Waals surface area contributed by atoms with Crippen molar-refractivity contribution in [1.82, 2.24) is 9.88 Å². The summed E-state index contributed by atoms with van der Waals surface area (Å²) in [6.07, 6.45) is 8.00. The average Bonchev–Trinajstić information content (AvgIpc) is 3.21. The zero-order chi connectivity index (χ0) is 15.4. The van der Waals surface area contributed by atoms with Crippen molar-refractivity contribution in [2.45, 2.75) is 31.7 Å². The van der Waals surface area contributed by atoms with Crippen LogP contribution in [0.2, 0.25) is 0 Å². The van der Waals surface area contributed by atoms with Crippen LogP contribution in [0.25, 0.3) is 10.9 Å². The summed E-state index contributed by atoms with van der Waals surface area (Å²) in [7, 11) is 0. The van der Waals surface area contributed by atoms with Crippen molar-refractivity contribution < 1.29 is 4.79 Å². The molecule has 0 radical (unpaired) electrons. The first-order chi connectivity index (χ1) is 11.3. The zero-order valence-corrected chi connectivity index (χ0v) is 13.0. The largest absolute Gasteiger partial charge is 0.360 e. The molecule has 2 aliphatic heterocycles. The van der Waals surface area contributed by atoms with E-state index in [1.165, 1.54) is 11.3 Å². The van der Waals surface area contributed by atoms with Crippen LogP contribution in [-0.2, 0) is 0 Å². The van der Waals surface area contributed by atoms with Gasteiger partial charge in [0.05, 0.1) is 5.56 Å². The monoisotopic (exact) mass is 305 g/mol.